The van der Waals surface area contributed by atoms with Crippen LogP contribution in [0.3, 0.4) is 0 Å². The zero-order valence-electron chi connectivity index (χ0n) is 11.6. The normalized spacial score (nSPS) is 11.4. The second kappa shape index (κ2) is 7.30. The monoisotopic (exact) mass is 243 g/mol. The Labute approximate surface area is 104 Å². The molecule has 0 unspecified atom stereocenters. The van der Waals surface area contributed by atoms with Crippen LogP contribution >= 0.6 is 0 Å². The van der Waals surface area contributed by atoms with Gasteiger partial charge in [-0.1, -0.05) is 13.8 Å². The summed E-state index contributed by atoms with van der Waals surface area (Å²) < 4.78 is 5.13. The van der Waals surface area contributed by atoms with Crippen molar-refractivity contribution in [2.24, 2.45) is 0 Å². The molecule has 4 nitrogen and oxygen atoms in total. The molecular weight excluding hydrogens is 218 g/mol. The first kappa shape index (κ1) is 15.9. The molecule has 0 aliphatic heterocycles. The Bertz CT molecular complexity index is 252. The second-order valence-electron chi connectivity index (χ2n) is 5.17. The van der Waals surface area contributed by atoms with Crippen LogP contribution in [0.5, 0.6) is 0 Å². The van der Waals surface area contributed by atoms with Crippen molar-refractivity contribution in [3.63, 3.8) is 0 Å². The minimum Gasteiger partial charge on any atom is -0.460 e. The standard InChI is InChI=1S/C13H25NO3/c1-6-10(7-2)14-11(15)8-9-12(16)17-13(3,4)5/h10H,6-9H2,1-5H3,(H,14,15). The molecule has 0 aromatic rings. The lowest BCUT2D eigenvalue weighted by atomic mass is 10.1. The third-order valence-electron chi connectivity index (χ3n) is 2.33. The third-order valence-corrected chi connectivity index (χ3v) is 2.33. The van der Waals surface area contributed by atoms with E-state index >= 15 is 0 Å². The SMILES string of the molecule is CCC(CC)NC(=O)CCC(=O)OC(C)(C)C. The minimum atomic E-state index is -0.483. The summed E-state index contributed by atoms with van der Waals surface area (Å²) in [6, 6.07) is 0.209. The summed E-state index contributed by atoms with van der Waals surface area (Å²) in [5.74, 6) is -0.401. The van der Waals surface area contributed by atoms with Gasteiger partial charge in [-0.25, -0.2) is 0 Å². The van der Waals surface area contributed by atoms with E-state index in [2.05, 4.69) is 5.32 Å². The summed E-state index contributed by atoms with van der Waals surface area (Å²) in [5, 5.41) is 2.89. The largest absolute Gasteiger partial charge is 0.460 e. The van der Waals surface area contributed by atoms with Crippen molar-refractivity contribution < 1.29 is 14.3 Å². The van der Waals surface area contributed by atoms with Crippen LogP contribution in [0, 0.1) is 0 Å². The Morgan fingerprint density at radius 3 is 2.06 bits per heavy atom. The first-order chi connectivity index (χ1) is 7.78. The Morgan fingerprint density at radius 1 is 1.12 bits per heavy atom. The third kappa shape index (κ3) is 8.72. The van der Waals surface area contributed by atoms with E-state index < -0.39 is 5.60 Å². The van der Waals surface area contributed by atoms with Crippen molar-refractivity contribution in [2.45, 2.75) is 71.9 Å². The van der Waals surface area contributed by atoms with Gasteiger partial charge in [0.2, 0.25) is 5.91 Å². The molecule has 0 aliphatic rings. The molecule has 0 aromatic carbocycles. The maximum Gasteiger partial charge on any atom is 0.306 e. The molecule has 0 spiro atoms. The molecule has 0 saturated heterocycles. The molecule has 1 N–H and O–H groups in total. The van der Waals surface area contributed by atoms with Crippen LogP contribution in [0.1, 0.15) is 60.3 Å². The van der Waals surface area contributed by atoms with Crippen LogP contribution < -0.4 is 5.32 Å². The van der Waals surface area contributed by atoms with E-state index in [4.69, 9.17) is 4.74 Å². The van der Waals surface area contributed by atoms with Gasteiger partial charge in [0, 0.05) is 12.5 Å². The van der Waals surface area contributed by atoms with Crippen LogP contribution in [-0.2, 0) is 14.3 Å². The highest BCUT2D eigenvalue weighted by molar-refractivity contribution is 5.81. The molecule has 0 saturated carbocycles. The molecule has 0 heterocycles. The van der Waals surface area contributed by atoms with Gasteiger partial charge in [0.1, 0.15) is 5.60 Å². The number of ether oxygens (including phenoxy) is 1. The summed E-state index contributed by atoms with van der Waals surface area (Å²) in [5.41, 5.74) is -0.483. The molecular formula is C13H25NO3. The van der Waals surface area contributed by atoms with E-state index in [0.717, 1.165) is 12.8 Å². The minimum absolute atomic E-state index is 0.0791. The van der Waals surface area contributed by atoms with Crippen molar-refractivity contribution in [1.29, 1.82) is 0 Å². The van der Waals surface area contributed by atoms with Gasteiger partial charge in [-0.15, -0.1) is 0 Å². The maximum absolute atomic E-state index is 11.5. The van der Waals surface area contributed by atoms with Crippen LogP contribution in [-0.4, -0.2) is 23.5 Å². The van der Waals surface area contributed by atoms with E-state index in [1.54, 1.807) is 0 Å². The van der Waals surface area contributed by atoms with E-state index in [-0.39, 0.29) is 30.8 Å². The fourth-order valence-corrected chi connectivity index (χ4v) is 1.40. The van der Waals surface area contributed by atoms with Gasteiger partial charge in [-0.3, -0.25) is 9.59 Å². The Hall–Kier alpha value is -1.06. The lowest BCUT2D eigenvalue weighted by Gasteiger charge is -2.19. The number of rotatable bonds is 6. The van der Waals surface area contributed by atoms with E-state index in [1.807, 2.05) is 34.6 Å². The summed E-state index contributed by atoms with van der Waals surface area (Å²) in [4.78, 5) is 22.9. The van der Waals surface area contributed by atoms with Crippen LogP contribution in [0.4, 0.5) is 0 Å². The molecule has 0 atom stereocenters. The Kier molecular flexibility index (Phi) is 6.85. The number of carbonyl (C=O) groups is 2. The van der Waals surface area contributed by atoms with E-state index in [0.29, 0.717) is 0 Å². The first-order valence-corrected chi connectivity index (χ1v) is 6.29. The molecule has 0 aromatic heterocycles. The highest BCUT2D eigenvalue weighted by atomic mass is 16.6. The zero-order valence-corrected chi connectivity index (χ0v) is 11.6. The Morgan fingerprint density at radius 2 is 1.65 bits per heavy atom. The van der Waals surface area contributed by atoms with Gasteiger partial charge in [-0.05, 0) is 33.6 Å². The predicted octanol–water partition coefficient (Wildman–Crippen LogP) is 2.41. The maximum atomic E-state index is 11.5. The van der Waals surface area contributed by atoms with E-state index in [9.17, 15) is 9.59 Å². The molecule has 17 heavy (non-hydrogen) atoms. The van der Waals surface area contributed by atoms with Gasteiger partial charge >= 0.3 is 5.97 Å². The van der Waals surface area contributed by atoms with Gasteiger partial charge in [0.25, 0.3) is 0 Å². The molecule has 1 amide bonds. The van der Waals surface area contributed by atoms with Crippen LogP contribution in [0.2, 0.25) is 0 Å². The van der Waals surface area contributed by atoms with Gasteiger partial charge in [-0.2, -0.15) is 0 Å². The quantitative estimate of drug-likeness (QED) is 0.729. The average molecular weight is 243 g/mol. The lowest BCUT2D eigenvalue weighted by molar-refractivity contribution is -0.155. The number of carbonyl (C=O) groups excluding carboxylic acids is 2. The molecule has 100 valence electrons. The number of esters is 1. The molecule has 0 aliphatic carbocycles. The predicted molar refractivity (Wildman–Crippen MR) is 67.6 cm³/mol. The summed E-state index contributed by atoms with van der Waals surface area (Å²) in [6.45, 7) is 9.50. The average Bonchev–Trinajstić information content (AvgIpc) is 2.20. The van der Waals surface area contributed by atoms with Crippen LogP contribution in [0.25, 0.3) is 0 Å². The Balaban J connectivity index is 3.88. The molecule has 0 radical (unpaired) electrons. The number of hydrogen-bond acceptors (Lipinski definition) is 3. The van der Waals surface area contributed by atoms with Crippen molar-refractivity contribution in [2.75, 3.05) is 0 Å². The highest BCUT2D eigenvalue weighted by Gasteiger charge is 2.17. The second-order valence-corrected chi connectivity index (χ2v) is 5.17. The fourth-order valence-electron chi connectivity index (χ4n) is 1.40. The van der Waals surface area contributed by atoms with Crippen molar-refractivity contribution in [1.82, 2.24) is 5.32 Å². The van der Waals surface area contributed by atoms with Gasteiger partial charge < -0.3 is 10.1 Å². The highest BCUT2D eigenvalue weighted by Crippen LogP contribution is 2.09. The van der Waals surface area contributed by atoms with Gasteiger partial charge in [0.05, 0.1) is 6.42 Å². The molecule has 0 bridgehead atoms. The first-order valence-electron chi connectivity index (χ1n) is 6.29. The number of nitrogens with one attached hydrogen (secondary N) is 1. The summed E-state index contributed by atoms with van der Waals surface area (Å²) >= 11 is 0. The van der Waals surface area contributed by atoms with Crippen molar-refractivity contribution in [3.05, 3.63) is 0 Å². The van der Waals surface area contributed by atoms with Gasteiger partial charge in [0.15, 0.2) is 0 Å². The zero-order chi connectivity index (χ0) is 13.5. The lowest BCUT2D eigenvalue weighted by Crippen LogP contribution is -2.34. The van der Waals surface area contributed by atoms with E-state index in [1.165, 1.54) is 0 Å². The molecule has 0 rings (SSSR count). The molecule has 0 fully saturated rings. The topological polar surface area (TPSA) is 55.4 Å². The van der Waals surface area contributed by atoms with Crippen molar-refractivity contribution in [3.8, 4) is 0 Å². The van der Waals surface area contributed by atoms with Crippen LogP contribution in [0.15, 0.2) is 0 Å². The fraction of sp³-hybridized carbons (Fsp3) is 0.846. The summed E-state index contributed by atoms with van der Waals surface area (Å²) in [6.07, 6.45) is 2.16. The van der Waals surface area contributed by atoms with Crippen molar-refractivity contribution >= 4 is 11.9 Å². The summed E-state index contributed by atoms with van der Waals surface area (Å²) in [7, 11) is 0. The molecule has 4 heteroatoms. The number of hydrogen-bond donors (Lipinski definition) is 1. The smallest absolute Gasteiger partial charge is 0.306 e. The number of amides is 1.